The highest BCUT2D eigenvalue weighted by Gasteiger charge is 2.13. The monoisotopic (exact) mass is 341 g/mol. The number of ether oxygens (including phenoxy) is 1. The standard InChI is InChI=1S/C20H23NO4/c1-12-10-16(11-13(2)18(12)25-4)19(22)21-17-7-5-15(6-8-17)9-14(3)20(23)24/h5-8,10-11,14H,9H2,1-4H3,(H,21,22)(H,23,24). The number of carbonyl (C=O) groups is 2. The molecule has 0 bridgehead atoms. The molecule has 25 heavy (non-hydrogen) atoms. The molecule has 2 N–H and O–H groups in total. The van der Waals surface area contributed by atoms with Gasteiger partial charge < -0.3 is 15.2 Å². The molecule has 0 radical (unpaired) electrons. The molecule has 0 heterocycles. The van der Waals surface area contributed by atoms with Crippen molar-refractivity contribution in [2.75, 3.05) is 12.4 Å². The Balaban J connectivity index is 2.09. The molecule has 0 saturated carbocycles. The van der Waals surface area contributed by atoms with Gasteiger partial charge in [0.2, 0.25) is 0 Å². The molecule has 1 atom stereocenters. The van der Waals surface area contributed by atoms with Crippen LogP contribution in [0.4, 0.5) is 5.69 Å². The minimum atomic E-state index is -0.817. The number of carbonyl (C=O) groups excluding carboxylic acids is 1. The normalized spacial score (nSPS) is 11.7. The van der Waals surface area contributed by atoms with E-state index in [4.69, 9.17) is 9.84 Å². The Kier molecular flexibility index (Phi) is 5.80. The van der Waals surface area contributed by atoms with Crippen molar-refractivity contribution in [3.63, 3.8) is 0 Å². The zero-order chi connectivity index (χ0) is 18.6. The summed E-state index contributed by atoms with van der Waals surface area (Å²) in [6.45, 7) is 5.48. The van der Waals surface area contributed by atoms with Gasteiger partial charge in [-0.15, -0.1) is 0 Å². The van der Waals surface area contributed by atoms with Gasteiger partial charge in [-0.3, -0.25) is 9.59 Å². The molecular formula is C20H23NO4. The van der Waals surface area contributed by atoms with Gasteiger partial charge in [0, 0.05) is 11.3 Å². The highest BCUT2D eigenvalue weighted by Crippen LogP contribution is 2.25. The van der Waals surface area contributed by atoms with Gasteiger partial charge in [-0.25, -0.2) is 0 Å². The van der Waals surface area contributed by atoms with Crippen LogP contribution in [0.25, 0.3) is 0 Å². The number of amides is 1. The molecular weight excluding hydrogens is 318 g/mol. The number of benzene rings is 2. The lowest BCUT2D eigenvalue weighted by molar-refractivity contribution is -0.141. The van der Waals surface area contributed by atoms with Gasteiger partial charge in [-0.05, 0) is 61.2 Å². The van der Waals surface area contributed by atoms with Crippen LogP contribution in [0.1, 0.15) is 34.0 Å². The second-order valence-corrected chi connectivity index (χ2v) is 6.24. The SMILES string of the molecule is COc1c(C)cc(C(=O)Nc2ccc(CC(C)C(=O)O)cc2)cc1C. The van der Waals surface area contributed by atoms with Crippen molar-refractivity contribution in [1.82, 2.24) is 0 Å². The molecule has 0 saturated heterocycles. The summed E-state index contributed by atoms with van der Waals surface area (Å²) >= 11 is 0. The number of aryl methyl sites for hydroxylation is 2. The molecule has 0 aliphatic rings. The van der Waals surface area contributed by atoms with Gasteiger partial charge >= 0.3 is 5.97 Å². The van der Waals surface area contributed by atoms with Crippen molar-refractivity contribution < 1.29 is 19.4 Å². The molecule has 0 fully saturated rings. The summed E-state index contributed by atoms with van der Waals surface area (Å²) < 4.78 is 5.32. The maximum absolute atomic E-state index is 12.4. The molecule has 1 amide bonds. The molecule has 2 rings (SSSR count). The van der Waals surface area contributed by atoms with E-state index in [1.807, 2.05) is 26.0 Å². The Morgan fingerprint density at radius 2 is 1.68 bits per heavy atom. The first-order valence-corrected chi connectivity index (χ1v) is 8.10. The molecule has 0 spiro atoms. The average Bonchev–Trinajstić information content (AvgIpc) is 2.56. The fourth-order valence-electron chi connectivity index (χ4n) is 2.77. The Morgan fingerprint density at radius 1 is 1.12 bits per heavy atom. The predicted molar refractivity (Wildman–Crippen MR) is 97.4 cm³/mol. The lowest BCUT2D eigenvalue weighted by Crippen LogP contribution is -2.13. The number of carboxylic acids is 1. The van der Waals surface area contributed by atoms with Crippen LogP contribution in [0.2, 0.25) is 0 Å². The molecule has 1 unspecified atom stereocenters. The average molecular weight is 341 g/mol. The number of anilines is 1. The number of nitrogens with one attached hydrogen (secondary N) is 1. The number of hydrogen-bond acceptors (Lipinski definition) is 3. The zero-order valence-electron chi connectivity index (χ0n) is 14.9. The van der Waals surface area contributed by atoms with Gasteiger partial charge in [0.05, 0.1) is 13.0 Å². The second-order valence-electron chi connectivity index (χ2n) is 6.24. The van der Waals surface area contributed by atoms with E-state index in [1.54, 1.807) is 38.3 Å². The Hall–Kier alpha value is -2.82. The lowest BCUT2D eigenvalue weighted by Gasteiger charge is -2.12. The topological polar surface area (TPSA) is 75.6 Å². The van der Waals surface area contributed by atoms with Crippen LogP contribution in [0.3, 0.4) is 0 Å². The Bertz CT molecular complexity index is 758. The Labute approximate surface area is 147 Å². The zero-order valence-corrected chi connectivity index (χ0v) is 14.9. The first-order chi connectivity index (χ1) is 11.8. The van der Waals surface area contributed by atoms with Crippen LogP contribution < -0.4 is 10.1 Å². The summed E-state index contributed by atoms with van der Waals surface area (Å²) in [6.07, 6.45) is 0.459. The van der Waals surface area contributed by atoms with Crippen LogP contribution in [-0.4, -0.2) is 24.1 Å². The summed E-state index contributed by atoms with van der Waals surface area (Å²) in [6, 6.07) is 10.8. The molecule has 5 heteroatoms. The fraction of sp³-hybridized carbons (Fsp3) is 0.300. The van der Waals surface area contributed by atoms with Crippen molar-refractivity contribution in [3.8, 4) is 5.75 Å². The van der Waals surface area contributed by atoms with E-state index < -0.39 is 11.9 Å². The Morgan fingerprint density at radius 3 is 2.16 bits per heavy atom. The molecule has 0 aliphatic heterocycles. The quantitative estimate of drug-likeness (QED) is 0.837. The minimum absolute atomic E-state index is 0.194. The van der Waals surface area contributed by atoms with E-state index in [9.17, 15) is 9.59 Å². The third-order valence-electron chi connectivity index (χ3n) is 4.10. The number of rotatable bonds is 6. The summed E-state index contributed by atoms with van der Waals surface area (Å²) in [5.74, 6) is -0.665. The van der Waals surface area contributed by atoms with Crippen molar-refractivity contribution in [2.24, 2.45) is 5.92 Å². The van der Waals surface area contributed by atoms with Crippen LogP contribution in [0, 0.1) is 19.8 Å². The van der Waals surface area contributed by atoms with E-state index in [0.29, 0.717) is 17.7 Å². The van der Waals surface area contributed by atoms with Crippen molar-refractivity contribution in [1.29, 1.82) is 0 Å². The van der Waals surface area contributed by atoms with Crippen LogP contribution in [0.15, 0.2) is 36.4 Å². The number of carboxylic acid groups (broad SMARTS) is 1. The lowest BCUT2D eigenvalue weighted by atomic mass is 10.0. The fourth-order valence-corrected chi connectivity index (χ4v) is 2.77. The largest absolute Gasteiger partial charge is 0.496 e. The van der Waals surface area contributed by atoms with Crippen LogP contribution in [-0.2, 0) is 11.2 Å². The van der Waals surface area contributed by atoms with E-state index >= 15 is 0 Å². The minimum Gasteiger partial charge on any atom is -0.496 e. The summed E-state index contributed by atoms with van der Waals surface area (Å²) in [7, 11) is 1.61. The van der Waals surface area contributed by atoms with Gasteiger partial charge in [-0.1, -0.05) is 19.1 Å². The van der Waals surface area contributed by atoms with Gasteiger partial charge in [0.15, 0.2) is 0 Å². The molecule has 0 aromatic heterocycles. The molecule has 2 aromatic carbocycles. The molecule has 2 aromatic rings. The summed E-state index contributed by atoms with van der Waals surface area (Å²) in [5.41, 5.74) is 3.97. The van der Waals surface area contributed by atoms with Crippen LogP contribution in [0.5, 0.6) is 5.75 Å². The summed E-state index contributed by atoms with van der Waals surface area (Å²) in [4.78, 5) is 23.3. The van der Waals surface area contributed by atoms with Crippen LogP contribution >= 0.6 is 0 Å². The first-order valence-electron chi connectivity index (χ1n) is 8.10. The first kappa shape index (κ1) is 18.5. The number of hydrogen-bond donors (Lipinski definition) is 2. The number of methoxy groups -OCH3 is 1. The third-order valence-corrected chi connectivity index (χ3v) is 4.10. The molecule has 0 aliphatic carbocycles. The van der Waals surface area contributed by atoms with Crippen molar-refractivity contribution in [3.05, 3.63) is 58.7 Å². The highest BCUT2D eigenvalue weighted by molar-refractivity contribution is 6.04. The van der Waals surface area contributed by atoms with E-state index in [2.05, 4.69) is 5.32 Å². The van der Waals surface area contributed by atoms with Gasteiger partial charge in [0.1, 0.15) is 5.75 Å². The summed E-state index contributed by atoms with van der Waals surface area (Å²) in [5, 5.41) is 11.8. The highest BCUT2D eigenvalue weighted by atomic mass is 16.5. The maximum Gasteiger partial charge on any atom is 0.306 e. The maximum atomic E-state index is 12.4. The smallest absolute Gasteiger partial charge is 0.306 e. The third kappa shape index (κ3) is 4.59. The van der Waals surface area contributed by atoms with Crippen molar-refractivity contribution >= 4 is 17.6 Å². The second kappa shape index (κ2) is 7.83. The van der Waals surface area contributed by atoms with Crippen molar-refractivity contribution in [2.45, 2.75) is 27.2 Å². The number of aliphatic carboxylic acids is 1. The molecule has 132 valence electrons. The van der Waals surface area contributed by atoms with E-state index in [1.165, 1.54) is 0 Å². The van der Waals surface area contributed by atoms with Gasteiger partial charge in [0.25, 0.3) is 5.91 Å². The molecule has 5 nitrogen and oxygen atoms in total. The van der Waals surface area contributed by atoms with E-state index in [0.717, 1.165) is 22.4 Å². The van der Waals surface area contributed by atoms with E-state index in [-0.39, 0.29) is 5.91 Å². The van der Waals surface area contributed by atoms with Gasteiger partial charge in [-0.2, -0.15) is 0 Å². The predicted octanol–water partition coefficient (Wildman–Crippen LogP) is 3.83.